The van der Waals surface area contributed by atoms with Gasteiger partial charge in [0.2, 0.25) is 11.8 Å². The second-order valence-corrected chi connectivity index (χ2v) is 12.8. The molecule has 2 aromatic carbocycles. The Labute approximate surface area is 285 Å². The standard InChI is InChI=1S/C32H34F9N7O3/c1-3-22-14-26(47(29-43-45-46(2)44-29)16-18-10-20(30(33,34)35)13-21(11-18)31(36,37)38)24-15-23(51-32(39,40)41)8-9-25(24)48(22)28(50)19-6-4-17(5-7-19)12-27(42)49/h8-11,13,15,17,19,22,26H,3-7,12,14,16H2,1-2H3,(H2,42,49)/t17?,19?,22-,26?/m1/s1. The van der Waals surface area contributed by atoms with Gasteiger partial charge < -0.3 is 20.3 Å². The molecular weight excluding hydrogens is 701 g/mol. The molecule has 278 valence electrons. The number of alkyl halides is 9. The molecule has 0 spiro atoms. The number of benzene rings is 2. The van der Waals surface area contributed by atoms with Gasteiger partial charge >= 0.3 is 18.7 Å². The maximum absolute atomic E-state index is 14.2. The van der Waals surface area contributed by atoms with Gasteiger partial charge in [-0.3, -0.25) is 9.59 Å². The number of rotatable bonds is 9. The summed E-state index contributed by atoms with van der Waals surface area (Å²) in [6.45, 7) is 1.12. The Kier molecular flexibility index (Phi) is 10.5. The van der Waals surface area contributed by atoms with E-state index < -0.39 is 71.6 Å². The number of carbonyl (C=O) groups is 2. The predicted molar refractivity (Wildman–Crippen MR) is 163 cm³/mol. The van der Waals surface area contributed by atoms with Crippen LogP contribution in [0.1, 0.15) is 80.2 Å². The first-order valence-corrected chi connectivity index (χ1v) is 16.0. The molecule has 2 aliphatic rings. The molecule has 0 radical (unpaired) electrons. The molecule has 1 unspecified atom stereocenters. The summed E-state index contributed by atoms with van der Waals surface area (Å²) in [5.41, 5.74) is 2.05. The molecule has 3 aromatic rings. The molecule has 1 aliphatic heterocycles. The van der Waals surface area contributed by atoms with Crippen LogP contribution in [0.5, 0.6) is 5.75 Å². The third-order valence-corrected chi connectivity index (χ3v) is 9.24. The number of primary amides is 1. The molecule has 1 saturated carbocycles. The Bertz CT molecular complexity index is 1700. The highest BCUT2D eigenvalue weighted by Crippen LogP contribution is 2.47. The largest absolute Gasteiger partial charge is 0.573 e. The van der Waals surface area contributed by atoms with Crippen LogP contribution >= 0.6 is 0 Å². The second kappa shape index (κ2) is 14.2. The van der Waals surface area contributed by atoms with E-state index in [1.54, 1.807) is 6.92 Å². The summed E-state index contributed by atoms with van der Waals surface area (Å²) in [6, 6.07) is 2.74. The third kappa shape index (κ3) is 8.84. The van der Waals surface area contributed by atoms with Gasteiger partial charge in [-0.1, -0.05) is 12.0 Å². The maximum Gasteiger partial charge on any atom is 0.573 e. The van der Waals surface area contributed by atoms with E-state index in [1.165, 1.54) is 22.9 Å². The molecule has 19 heteroatoms. The first-order valence-electron chi connectivity index (χ1n) is 16.0. The fraction of sp³-hybridized carbons (Fsp3) is 0.531. The van der Waals surface area contributed by atoms with Crippen LogP contribution in [-0.4, -0.2) is 44.4 Å². The minimum Gasteiger partial charge on any atom is -0.406 e. The molecule has 1 aromatic heterocycles. The van der Waals surface area contributed by atoms with Gasteiger partial charge in [-0.2, -0.15) is 31.1 Å². The number of aryl methyl sites for hydroxylation is 1. The lowest BCUT2D eigenvalue weighted by molar-refractivity contribution is -0.274. The number of carbonyl (C=O) groups excluding carboxylic acids is 2. The van der Waals surface area contributed by atoms with Gasteiger partial charge in [0.05, 0.1) is 24.2 Å². The monoisotopic (exact) mass is 735 g/mol. The molecule has 2 atom stereocenters. The van der Waals surface area contributed by atoms with Crippen LogP contribution in [0.15, 0.2) is 36.4 Å². The molecule has 5 rings (SSSR count). The number of amides is 2. The maximum atomic E-state index is 14.2. The van der Waals surface area contributed by atoms with Crippen molar-refractivity contribution >= 4 is 23.5 Å². The smallest absolute Gasteiger partial charge is 0.406 e. The van der Waals surface area contributed by atoms with Crippen LogP contribution in [0.2, 0.25) is 0 Å². The number of halogens is 9. The first kappa shape index (κ1) is 37.7. The number of nitrogens with two attached hydrogens (primary N) is 1. The molecule has 0 saturated heterocycles. The van der Waals surface area contributed by atoms with Crippen LogP contribution in [0, 0.1) is 11.8 Å². The number of tetrazole rings is 1. The summed E-state index contributed by atoms with van der Waals surface area (Å²) in [5, 5.41) is 11.8. The minimum atomic E-state index is -5.14. The summed E-state index contributed by atoms with van der Waals surface area (Å²) < 4.78 is 127. The van der Waals surface area contributed by atoms with E-state index in [-0.39, 0.29) is 47.9 Å². The summed E-state index contributed by atoms with van der Waals surface area (Å²) in [7, 11) is 1.37. The molecule has 1 fully saturated rings. The predicted octanol–water partition coefficient (Wildman–Crippen LogP) is 7.09. The van der Waals surface area contributed by atoms with Crippen molar-refractivity contribution in [3.63, 3.8) is 0 Å². The zero-order valence-electron chi connectivity index (χ0n) is 27.3. The van der Waals surface area contributed by atoms with Crippen molar-refractivity contribution in [2.75, 3.05) is 9.80 Å². The number of aromatic nitrogens is 4. The lowest BCUT2D eigenvalue weighted by atomic mass is 9.78. The van der Waals surface area contributed by atoms with E-state index in [0.29, 0.717) is 44.2 Å². The number of ether oxygens (including phenoxy) is 1. The molecule has 51 heavy (non-hydrogen) atoms. The quantitative estimate of drug-likeness (QED) is 0.233. The highest BCUT2D eigenvalue weighted by molar-refractivity contribution is 5.97. The fourth-order valence-electron chi connectivity index (χ4n) is 6.96. The summed E-state index contributed by atoms with van der Waals surface area (Å²) >= 11 is 0. The van der Waals surface area contributed by atoms with Crippen molar-refractivity contribution < 1.29 is 53.8 Å². The molecule has 2 N–H and O–H groups in total. The molecular formula is C32H34F9N7O3. The van der Waals surface area contributed by atoms with E-state index in [4.69, 9.17) is 5.73 Å². The third-order valence-electron chi connectivity index (χ3n) is 9.24. The number of nitrogens with zero attached hydrogens (tertiary/aromatic N) is 6. The highest BCUT2D eigenvalue weighted by Gasteiger charge is 2.43. The number of anilines is 2. The average Bonchev–Trinajstić information content (AvgIpc) is 3.46. The van der Waals surface area contributed by atoms with Crippen molar-refractivity contribution in [2.24, 2.45) is 24.6 Å². The van der Waals surface area contributed by atoms with Crippen LogP contribution in [0.25, 0.3) is 0 Å². The van der Waals surface area contributed by atoms with Crippen molar-refractivity contribution in [3.8, 4) is 5.75 Å². The number of hydrogen-bond donors (Lipinski definition) is 1. The number of fused-ring (bicyclic) bond motifs is 1. The Hall–Kier alpha value is -4.58. The molecule has 10 nitrogen and oxygen atoms in total. The zero-order valence-corrected chi connectivity index (χ0v) is 27.3. The first-order chi connectivity index (χ1) is 23.7. The van der Waals surface area contributed by atoms with Crippen molar-refractivity contribution in [2.45, 2.75) is 89.2 Å². The normalized spacial score (nSPS) is 21.3. The van der Waals surface area contributed by atoms with Crippen molar-refractivity contribution in [3.05, 3.63) is 58.7 Å². The minimum absolute atomic E-state index is 0.00960. The lowest BCUT2D eigenvalue weighted by Crippen LogP contribution is -2.50. The second-order valence-electron chi connectivity index (χ2n) is 12.8. The summed E-state index contributed by atoms with van der Waals surface area (Å²) in [6.07, 6.45) is -12.9. The lowest BCUT2D eigenvalue weighted by Gasteiger charge is -2.45. The SMILES string of the molecule is CC[C@@H]1CC(N(Cc2cc(C(F)(F)F)cc(C(F)(F)F)c2)c2nnn(C)n2)c2cc(OC(F)(F)F)ccc2N1C(=O)C1CCC(CC(N)=O)CC1. The summed E-state index contributed by atoms with van der Waals surface area (Å²) in [4.78, 5) is 29.4. The van der Waals surface area contributed by atoms with Crippen LogP contribution in [-0.2, 0) is 35.5 Å². The van der Waals surface area contributed by atoms with Crippen LogP contribution in [0.3, 0.4) is 0 Å². The fourth-order valence-corrected chi connectivity index (χ4v) is 6.96. The Morgan fingerprint density at radius 2 is 1.57 bits per heavy atom. The Morgan fingerprint density at radius 3 is 2.08 bits per heavy atom. The van der Waals surface area contributed by atoms with E-state index >= 15 is 0 Å². The number of hydrogen-bond acceptors (Lipinski definition) is 7. The Balaban J connectivity index is 1.61. The van der Waals surface area contributed by atoms with E-state index in [0.717, 1.165) is 16.9 Å². The topological polar surface area (TPSA) is 119 Å². The summed E-state index contributed by atoms with van der Waals surface area (Å²) in [5.74, 6) is -2.13. The van der Waals surface area contributed by atoms with Crippen molar-refractivity contribution in [1.29, 1.82) is 0 Å². The Morgan fingerprint density at radius 1 is 0.941 bits per heavy atom. The molecule has 2 heterocycles. The highest BCUT2D eigenvalue weighted by atomic mass is 19.4. The molecule has 0 bridgehead atoms. The van der Waals surface area contributed by atoms with Crippen molar-refractivity contribution in [1.82, 2.24) is 20.2 Å². The van der Waals surface area contributed by atoms with Gasteiger partial charge in [0.1, 0.15) is 5.75 Å². The van der Waals surface area contributed by atoms with Gasteiger partial charge in [-0.05, 0) is 91.6 Å². The van der Waals surface area contributed by atoms with Gasteiger partial charge in [-0.15, -0.1) is 18.3 Å². The molecule has 2 amide bonds. The average molecular weight is 736 g/mol. The molecule has 1 aliphatic carbocycles. The van der Waals surface area contributed by atoms with Crippen LogP contribution < -0.4 is 20.3 Å². The van der Waals surface area contributed by atoms with Gasteiger partial charge in [0.15, 0.2) is 0 Å². The van der Waals surface area contributed by atoms with E-state index in [9.17, 15) is 49.1 Å². The van der Waals surface area contributed by atoms with E-state index in [1.807, 2.05) is 0 Å². The zero-order chi connectivity index (χ0) is 37.5. The van der Waals surface area contributed by atoms with E-state index in [2.05, 4.69) is 20.1 Å². The van der Waals surface area contributed by atoms with Gasteiger partial charge in [0.25, 0.3) is 5.95 Å². The van der Waals surface area contributed by atoms with Crippen LogP contribution in [0.4, 0.5) is 51.1 Å². The van der Waals surface area contributed by atoms with Gasteiger partial charge in [0, 0.05) is 36.2 Å². The van der Waals surface area contributed by atoms with Gasteiger partial charge in [-0.25, -0.2) is 0 Å².